The Morgan fingerprint density at radius 3 is 2.48 bits per heavy atom. The van der Waals surface area contributed by atoms with Crippen LogP contribution in [0.5, 0.6) is 0 Å². The molecular weight excluding hydrogens is 297 g/mol. The molecule has 0 aromatic heterocycles. The molecule has 21 heavy (non-hydrogen) atoms. The maximum atomic E-state index is 13.2. The van der Waals surface area contributed by atoms with Gasteiger partial charge in [-0.25, -0.2) is 0 Å². The van der Waals surface area contributed by atoms with Crippen LogP contribution in [0.4, 0.5) is 18.9 Å². The van der Waals surface area contributed by atoms with Gasteiger partial charge in [0, 0.05) is 24.3 Å². The average molecular weight is 316 g/mol. The van der Waals surface area contributed by atoms with E-state index in [1.54, 1.807) is 6.07 Å². The van der Waals surface area contributed by atoms with Gasteiger partial charge >= 0.3 is 6.18 Å². The smallest absolute Gasteiger partial charge is 0.389 e. The van der Waals surface area contributed by atoms with Crippen LogP contribution < -0.4 is 10.6 Å². The molecule has 1 aliphatic rings. The highest BCUT2D eigenvalue weighted by Crippen LogP contribution is 2.36. The number of hydrogen-bond donors (Lipinski definition) is 1. The summed E-state index contributed by atoms with van der Waals surface area (Å²) in [5, 5.41) is 0. The Bertz CT molecular complexity index is 542. The Morgan fingerprint density at radius 1 is 1.29 bits per heavy atom. The predicted octanol–water partition coefficient (Wildman–Crippen LogP) is 3.82. The predicted molar refractivity (Wildman–Crippen MR) is 82.5 cm³/mol. The van der Waals surface area contributed by atoms with Crippen LogP contribution in [-0.2, 0) is 6.18 Å². The molecule has 1 heterocycles. The number of alkyl halides is 3. The summed E-state index contributed by atoms with van der Waals surface area (Å²) < 4.78 is 39.5. The molecule has 1 fully saturated rings. The van der Waals surface area contributed by atoms with E-state index in [1.807, 2.05) is 4.90 Å². The van der Waals surface area contributed by atoms with E-state index >= 15 is 0 Å². The quantitative estimate of drug-likeness (QED) is 0.841. The fraction of sp³-hybridized carbons (Fsp3) is 0.533. The lowest BCUT2D eigenvalue weighted by Gasteiger charge is -2.37. The van der Waals surface area contributed by atoms with Crippen molar-refractivity contribution in [2.45, 2.75) is 26.4 Å². The lowest BCUT2D eigenvalue weighted by atomic mass is 9.88. The van der Waals surface area contributed by atoms with E-state index < -0.39 is 11.7 Å². The van der Waals surface area contributed by atoms with Crippen molar-refractivity contribution in [3.63, 3.8) is 0 Å². The van der Waals surface area contributed by atoms with E-state index in [0.29, 0.717) is 17.5 Å². The van der Waals surface area contributed by atoms with Gasteiger partial charge in [0.2, 0.25) is 0 Å². The van der Waals surface area contributed by atoms with Gasteiger partial charge in [-0.15, -0.1) is 0 Å². The molecule has 1 aromatic carbocycles. The van der Waals surface area contributed by atoms with E-state index in [9.17, 15) is 13.2 Å². The van der Waals surface area contributed by atoms with Gasteiger partial charge in [0.25, 0.3) is 0 Å². The molecule has 0 amide bonds. The van der Waals surface area contributed by atoms with Crippen LogP contribution in [0.25, 0.3) is 0 Å². The van der Waals surface area contributed by atoms with Gasteiger partial charge in [0.1, 0.15) is 4.99 Å². The third-order valence-corrected chi connectivity index (χ3v) is 4.49. The highest BCUT2D eigenvalue weighted by Gasteiger charge is 2.35. The van der Waals surface area contributed by atoms with Gasteiger partial charge in [-0.2, -0.15) is 13.2 Å². The number of anilines is 1. The molecule has 116 valence electrons. The minimum atomic E-state index is -4.45. The van der Waals surface area contributed by atoms with Crippen molar-refractivity contribution < 1.29 is 13.2 Å². The molecule has 2 nitrogen and oxygen atoms in total. The monoisotopic (exact) mass is 316 g/mol. The Morgan fingerprint density at radius 2 is 1.95 bits per heavy atom. The first-order valence-electron chi connectivity index (χ1n) is 6.96. The second-order valence-corrected chi connectivity index (χ2v) is 6.22. The van der Waals surface area contributed by atoms with E-state index in [4.69, 9.17) is 18.0 Å². The SMILES string of the molecule is CC1CCN(c2ccc(C(N)=S)c(C(F)(F)F)c2)CC1C. The van der Waals surface area contributed by atoms with Crippen molar-refractivity contribution in [1.29, 1.82) is 0 Å². The summed E-state index contributed by atoms with van der Waals surface area (Å²) in [6.07, 6.45) is -3.47. The van der Waals surface area contributed by atoms with Gasteiger partial charge < -0.3 is 10.6 Å². The first-order chi connectivity index (χ1) is 9.70. The summed E-state index contributed by atoms with van der Waals surface area (Å²) >= 11 is 4.72. The van der Waals surface area contributed by atoms with E-state index in [2.05, 4.69) is 13.8 Å². The summed E-state index contributed by atoms with van der Waals surface area (Å²) in [5.74, 6) is 1.06. The molecule has 0 radical (unpaired) electrons. The zero-order chi connectivity index (χ0) is 15.8. The molecule has 0 spiro atoms. The molecule has 2 unspecified atom stereocenters. The minimum Gasteiger partial charge on any atom is -0.389 e. The molecule has 2 rings (SSSR count). The molecule has 2 atom stereocenters. The average Bonchev–Trinajstić information content (AvgIpc) is 2.40. The second kappa shape index (κ2) is 5.83. The van der Waals surface area contributed by atoms with Crippen molar-refractivity contribution in [2.75, 3.05) is 18.0 Å². The third kappa shape index (κ3) is 3.48. The molecule has 0 saturated carbocycles. The number of nitrogens with zero attached hydrogens (tertiary/aromatic N) is 1. The minimum absolute atomic E-state index is 0.111. The summed E-state index contributed by atoms with van der Waals surface area (Å²) in [6.45, 7) is 5.85. The highest BCUT2D eigenvalue weighted by molar-refractivity contribution is 7.80. The molecular formula is C15H19F3N2S. The maximum Gasteiger partial charge on any atom is 0.417 e. The summed E-state index contributed by atoms with van der Waals surface area (Å²) in [5.41, 5.74) is 5.12. The van der Waals surface area contributed by atoms with Crippen LogP contribution in [0.3, 0.4) is 0 Å². The maximum absolute atomic E-state index is 13.2. The van der Waals surface area contributed by atoms with Gasteiger partial charge in [0.05, 0.1) is 5.56 Å². The number of benzene rings is 1. The van der Waals surface area contributed by atoms with E-state index in [1.165, 1.54) is 6.07 Å². The number of nitrogens with two attached hydrogens (primary N) is 1. The van der Waals surface area contributed by atoms with E-state index in [-0.39, 0.29) is 10.6 Å². The van der Waals surface area contributed by atoms with Crippen molar-refractivity contribution >= 4 is 22.9 Å². The first kappa shape index (κ1) is 16.1. The molecule has 6 heteroatoms. The fourth-order valence-corrected chi connectivity index (χ4v) is 2.85. The Balaban J connectivity index is 2.36. The molecule has 1 aromatic rings. The molecule has 0 bridgehead atoms. The van der Waals surface area contributed by atoms with Crippen LogP contribution in [0.2, 0.25) is 0 Å². The first-order valence-corrected chi connectivity index (χ1v) is 7.37. The van der Waals surface area contributed by atoms with Gasteiger partial charge in [0.15, 0.2) is 0 Å². The van der Waals surface area contributed by atoms with Crippen molar-refractivity contribution in [3.05, 3.63) is 29.3 Å². The number of halogens is 3. The van der Waals surface area contributed by atoms with Crippen molar-refractivity contribution in [3.8, 4) is 0 Å². The van der Waals surface area contributed by atoms with Gasteiger partial charge in [-0.05, 0) is 36.5 Å². The standard InChI is InChI=1S/C15H19F3N2S/c1-9-5-6-20(8-10(9)2)11-3-4-12(14(19)21)13(7-11)15(16,17)18/h3-4,7,9-10H,5-6,8H2,1-2H3,(H2,19,21). The fourth-order valence-electron chi connectivity index (χ4n) is 2.68. The summed E-state index contributed by atoms with van der Waals surface area (Å²) in [4.78, 5) is 1.78. The molecule has 2 N–H and O–H groups in total. The van der Waals surface area contributed by atoms with Crippen LogP contribution >= 0.6 is 12.2 Å². The lowest BCUT2D eigenvalue weighted by molar-refractivity contribution is -0.137. The number of hydrogen-bond acceptors (Lipinski definition) is 2. The van der Waals surface area contributed by atoms with Gasteiger partial charge in [-0.3, -0.25) is 0 Å². The zero-order valence-corrected chi connectivity index (χ0v) is 12.9. The van der Waals surface area contributed by atoms with Crippen LogP contribution in [0, 0.1) is 11.8 Å². The van der Waals surface area contributed by atoms with Gasteiger partial charge in [-0.1, -0.05) is 26.1 Å². The molecule has 1 saturated heterocycles. The lowest BCUT2D eigenvalue weighted by Crippen LogP contribution is -2.38. The highest BCUT2D eigenvalue weighted by atomic mass is 32.1. The van der Waals surface area contributed by atoms with Crippen molar-refractivity contribution in [2.24, 2.45) is 17.6 Å². The number of thiocarbonyl (C=S) groups is 1. The number of piperidine rings is 1. The largest absolute Gasteiger partial charge is 0.417 e. The van der Waals surface area contributed by atoms with Crippen LogP contribution in [0.15, 0.2) is 18.2 Å². The van der Waals surface area contributed by atoms with Crippen LogP contribution in [0.1, 0.15) is 31.4 Å². The third-order valence-electron chi connectivity index (χ3n) is 4.27. The van der Waals surface area contributed by atoms with Crippen LogP contribution in [-0.4, -0.2) is 18.1 Å². The summed E-state index contributed by atoms with van der Waals surface area (Å²) in [6, 6.07) is 4.22. The normalized spacial score (nSPS) is 23.2. The molecule has 1 aliphatic heterocycles. The van der Waals surface area contributed by atoms with E-state index in [0.717, 1.165) is 25.6 Å². The summed E-state index contributed by atoms with van der Waals surface area (Å²) in [7, 11) is 0. The van der Waals surface area contributed by atoms with Crippen molar-refractivity contribution in [1.82, 2.24) is 0 Å². The number of rotatable bonds is 2. The molecule has 0 aliphatic carbocycles. The Labute approximate surface area is 128 Å². The topological polar surface area (TPSA) is 29.3 Å². The Kier molecular flexibility index (Phi) is 4.46. The zero-order valence-electron chi connectivity index (χ0n) is 12.1. The second-order valence-electron chi connectivity index (χ2n) is 5.78. The Hall–Kier alpha value is -1.30.